The predicted octanol–water partition coefficient (Wildman–Crippen LogP) is 2.44. The number of carbonyl (C=O) groups excluding carboxylic acids is 1. The Bertz CT molecular complexity index is 739. The molecule has 0 radical (unpaired) electrons. The largest absolute Gasteiger partial charge is 0.496 e. The SMILES string of the molecule is COC(=O)c1cc2c([nH]1)[nH]c1cccc(OC)c12. The van der Waals surface area contributed by atoms with Gasteiger partial charge in [-0.25, -0.2) is 4.79 Å². The van der Waals surface area contributed by atoms with Crippen LogP contribution in [0.25, 0.3) is 21.9 Å². The van der Waals surface area contributed by atoms with Gasteiger partial charge in [0.2, 0.25) is 0 Å². The van der Waals surface area contributed by atoms with E-state index >= 15 is 0 Å². The molecule has 5 nitrogen and oxygen atoms in total. The van der Waals surface area contributed by atoms with Crippen LogP contribution < -0.4 is 4.74 Å². The summed E-state index contributed by atoms with van der Waals surface area (Å²) in [6, 6.07) is 7.53. The van der Waals surface area contributed by atoms with Gasteiger partial charge in [-0.2, -0.15) is 0 Å². The second kappa shape index (κ2) is 3.80. The number of rotatable bonds is 2. The summed E-state index contributed by atoms with van der Waals surface area (Å²) in [4.78, 5) is 17.7. The smallest absolute Gasteiger partial charge is 0.354 e. The topological polar surface area (TPSA) is 67.1 Å². The summed E-state index contributed by atoms with van der Waals surface area (Å²) in [6.07, 6.45) is 0. The fourth-order valence-electron chi connectivity index (χ4n) is 2.19. The highest BCUT2D eigenvalue weighted by molar-refractivity contribution is 6.11. The maximum Gasteiger partial charge on any atom is 0.354 e. The molecule has 18 heavy (non-hydrogen) atoms. The third-order valence-electron chi connectivity index (χ3n) is 3.00. The molecule has 2 heterocycles. The Balaban J connectivity index is 2.32. The van der Waals surface area contributed by atoms with E-state index in [1.54, 1.807) is 13.2 Å². The molecule has 0 aliphatic rings. The zero-order chi connectivity index (χ0) is 12.7. The molecule has 0 spiro atoms. The van der Waals surface area contributed by atoms with Gasteiger partial charge in [0.1, 0.15) is 17.1 Å². The van der Waals surface area contributed by atoms with Crippen molar-refractivity contribution in [1.29, 1.82) is 0 Å². The molecule has 0 saturated carbocycles. The molecular weight excluding hydrogens is 232 g/mol. The van der Waals surface area contributed by atoms with Crippen LogP contribution in [0.3, 0.4) is 0 Å². The third kappa shape index (κ3) is 1.37. The lowest BCUT2D eigenvalue weighted by Crippen LogP contribution is -2.00. The number of methoxy groups -OCH3 is 2. The van der Waals surface area contributed by atoms with E-state index in [1.807, 2.05) is 18.2 Å². The lowest BCUT2D eigenvalue weighted by Gasteiger charge is -2.00. The first-order valence-electron chi connectivity index (χ1n) is 5.50. The van der Waals surface area contributed by atoms with Crippen molar-refractivity contribution in [2.45, 2.75) is 0 Å². The zero-order valence-corrected chi connectivity index (χ0v) is 10.0. The number of hydrogen-bond donors (Lipinski definition) is 2. The molecule has 2 aromatic heterocycles. The van der Waals surface area contributed by atoms with E-state index < -0.39 is 0 Å². The first kappa shape index (κ1) is 10.7. The number of aromatic amines is 2. The van der Waals surface area contributed by atoms with Crippen molar-refractivity contribution < 1.29 is 14.3 Å². The maximum absolute atomic E-state index is 11.5. The summed E-state index contributed by atoms with van der Waals surface area (Å²) in [5.74, 6) is 0.386. The summed E-state index contributed by atoms with van der Waals surface area (Å²) >= 11 is 0. The molecule has 1 aromatic carbocycles. The fourth-order valence-corrected chi connectivity index (χ4v) is 2.19. The summed E-state index contributed by atoms with van der Waals surface area (Å²) in [6.45, 7) is 0. The van der Waals surface area contributed by atoms with Crippen molar-refractivity contribution in [2.75, 3.05) is 14.2 Å². The van der Waals surface area contributed by atoms with Gasteiger partial charge >= 0.3 is 5.97 Å². The average molecular weight is 244 g/mol. The Morgan fingerprint density at radius 2 is 2.06 bits per heavy atom. The van der Waals surface area contributed by atoms with Crippen molar-refractivity contribution >= 4 is 27.9 Å². The third-order valence-corrected chi connectivity index (χ3v) is 3.00. The maximum atomic E-state index is 11.5. The molecule has 0 fully saturated rings. The van der Waals surface area contributed by atoms with Gasteiger partial charge in [0, 0.05) is 5.39 Å². The highest BCUT2D eigenvalue weighted by Crippen LogP contribution is 2.33. The summed E-state index contributed by atoms with van der Waals surface area (Å²) in [5, 5.41) is 1.88. The van der Waals surface area contributed by atoms with Crippen LogP contribution in [0.15, 0.2) is 24.3 Å². The summed E-state index contributed by atoms with van der Waals surface area (Å²) in [7, 11) is 2.98. The Morgan fingerprint density at radius 1 is 1.22 bits per heavy atom. The van der Waals surface area contributed by atoms with Crippen LogP contribution in [0.4, 0.5) is 0 Å². The number of fused-ring (bicyclic) bond motifs is 3. The van der Waals surface area contributed by atoms with Crippen molar-refractivity contribution in [3.05, 3.63) is 30.0 Å². The molecular formula is C13H12N2O3. The molecule has 92 valence electrons. The Labute approximate surface area is 103 Å². The lowest BCUT2D eigenvalue weighted by atomic mass is 10.2. The lowest BCUT2D eigenvalue weighted by molar-refractivity contribution is 0.0595. The van der Waals surface area contributed by atoms with Gasteiger partial charge < -0.3 is 19.4 Å². The van der Waals surface area contributed by atoms with E-state index in [-0.39, 0.29) is 5.97 Å². The number of H-pyrrole nitrogens is 2. The van der Waals surface area contributed by atoms with Gasteiger partial charge in [-0.3, -0.25) is 0 Å². The minimum absolute atomic E-state index is 0.386. The molecule has 5 heteroatoms. The molecule has 3 rings (SSSR count). The van der Waals surface area contributed by atoms with Crippen molar-refractivity contribution in [1.82, 2.24) is 9.97 Å². The van der Waals surface area contributed by atoms with Crippen LogP contribution in [-0.4, -0.2) is 30.2 Å². The first-order valence-corrected chi connectivity index (χ1v) is 5.50. The van der Waals surface area contributed by atoms with Gasteiger partial charge in [-0.1, -0.05) is 6.07 Å². The summed E-state index contributed by atoms with van der Waals surface area (Å²) < 4.78 is 10.0. The molecule has 0 saturated heterocycles. The Hall–Kier alpha value is -2.43. The molecule has 0 atom stereocenters. The fraction of sp³-hybridized carbons (Fsp3) is 0.154. The van der Waals surface area contributed by atoms with Crippen LogP contribution in [0.1, 0.15) is 10.5 Å². The molecule has 0 aliphatic heterocycles. The monoisotopic (exact) mass is 244 g/mol. The van der Waals surface area contributed by atoms with E-state index in [4.69, 9.17) is 4.74 Å². The number of ether oxygens (including phenoxy) is 2. The first-order chi connectivity index (χ1) is 8.74. The minimum atomic E-state index is -0.386. The van der Waals surface area contributed by atoms with Gasteiger partial charge in [-0.05, 0) is 18.2 Å². The molecule has 0 bridgehead atoms. The van der Waals surface area contributed by atoms with Crippen LogP contribution in [0.2, 0.25) is 0 Å². The second-order valence-electron chi connectivity index (χ2n) is 3.97. The quantitative estimate of drug-likeness (QED) is 0.680. The number of benzene rings is 1. The van der Waals surface area contributed by atoms with Crippen molar-refractivity contribution in [2.24, 2.45) is 0 Å². The van der Waals surface area contributed by atoms with Crippen LogP contribution >= 0.6 is 0 Å². The zero-order valence-electron chi connectivity index (χ0n) is 10.0. The normalized spacial score (nSPS) is 11.0. The van der Waals surface area contributed by atoms with E-state index in [9.17, 15) is 4.79 Å². The molecule has 0 amide bonds. The molecule has 3 aromatic rings. The Kier molecular flexibility index (Phi) is 2.26. The minimum Gasteiger partial charge on any atom is -0.496 e. The number of nitrogens with one attached hydrogen (secondary N) is 2. The average Bonchev–Trinajstić information content (AvgIpc) is 2.94. The van der Waals surface area contributed by atoms with Gasteiger partial charge in [-0.15, -0.1) is 0 Å². The number of aromatic nitrogens is 2. The van der Waals surface area contributed by atoms with Crippen molar-refractivity contribution in [3.8, 4) is 5.75 Å². The molecule has 0 aliphatic carbocycles. The predicted molar refractivity (Wildman–Crippen MR) is 68.0 cm³/mol. The second-order valence-corrected chi connectivity index (χ2v) is 3.97. The van der Waals surface area contributed by atoms with Crippen LogP contribution in [0.5, 0.6) is 5.75 Å². The summed E-state index contributed by atoms with van der Waals surface area (Å²) in [5.41, 5.74) is 2.17. The van der Waals surface area contributed by atoms with Crippen molar-refractivity contribution in [3.63, 3.8) is 0 Å². The highest BCUT2D eigenvalue weighted by atomic mass is 16.5. The molecule has 0 unspecified atom stereocenters. The standard InChI is InChI=1S/C13H12N2O3/c1-17-10-5-3-4-8-11(10)7-6-9(13(16)18-2)15-12(7)14-8/h3-6,14-15H,1-2H3. The van der Waals surface area contributed by atoms with Gasteiger partial charge in [0.25, 0.3) is 0 Å². The molecule has 2 N–H and O–H groups in total. The Morgan fingerprint density at radius 3 is 2.78 bits per heavy atom. The van der Waals surface area contributed by atoms with E-state index in [1.165, 1.54) is 7.11 Å². The van der Waals surface area contributed by atoms with E-state index in [2.05, 4.69) is 14.7 Å². The van der Waals surface area contributed by atoms with Gasteiger partial charge in [0.15, 0.2) is 0 Å². The van der Waals surface area contributed by atoms with E-state index in [0.29, 0.717) is 5.69 Å². The van der Waals surface area contributed by atoms with E-state index in [0.717, 1.165) is 27.7 Å². The van der Waals surface area contributed by atoms with Crippen LogP contribution in [-0.2, 0) is 4.74 Å². The van der Waals surface area contributed by atoms with Gasteiger partial charge in [0.05, 0.1) is 25.1 Å². The van der Waals surface area contributed by atoms with Crippen LogP contribution in [0, 0.1) is 0 Å². The number of esters is 1. The number of carbonyl (C=O) groups is 1. The number of hydrogen-bond acceptors (Lipinski definition) is 3. The highest BCUT2D eigenvalue weighted by Gasteiger charge is 2.15.